The van der Waals surface area contributed by atoms with Gasteiger partial charge in [-0.15, -0.1) is 0 Å². The molecule has 0 aliphatic rings. The number of nitro groups is 1. The highest BCUT2D eigenvalue weighted by molar-refractivity contribution is 6.02. The Hall–Kier alpha value is -3.55. The highest BCUT2D eigenvalue weighted by atomic mass is 19.1. The minimum Gasteiger partial charge on any atom is -0.324 e. The van der Waals surface area contributed by atoms with E-state index < -0.39 is 22.6 Å². The normalized spacial score (nSPS) is 10.5. The molecule has 128 valence electrons. The molecule has 8 heteroatoms. The van der Waals surface area contributed by atoms with Crippen LogP contribution in [0, 0.1) is 15.9 Å². The minimum absolute atomic E-state index is 0.0621. The number of nitrogens with zero attached hydrogens (tertiary/aromatic N) is 1. The van der Waals surface area contributed by atoms with Gasteiger partial charge in [-0.25, -0.2) is 4.39 Å². The monoisotopic (exact) mass is 343 g/mol. The Kier molecular flexibility index (Phi) is 5.57. The number of nitro benzene ring substituents is 1. The molecular weight excluding hydrogens is 329 g/mol. The predicted octanol–water partition coefficient (Wildman–Crippen LogP) is 3.34. The Morgan fingerprint density at radius 1 is 1.16 bits per heavy atom. The number of benzene rings is 2. The molecule has 0 saturated heterocycles. The zero-order valence-electron chi connectivity index (χ0n) is 13.2. The lowest BCUT2D eigenvalue weighted by Gasteiger charge is -2.07. The van der Waals surface area contributed by atoms with E-state index in [0.29, 0.717) is 0 Å². The van der Waals surface area contributed by atoms with Gasteiger partial charge in [-0.3, -0.25) is 19.7 Å². The van der Waals surface area contributed by atoms with Crippen LogP contribution in [0.1, 0.15) is 12.5 Å². The maximum absolute atomic E-state index is 13.6. The van der Waals surface area contributed by atoms with Crippen LogP contribution in [0.5, 0.6) is 0 Å². The van der Waals surface area contributed by atoms with Crippen molar-refractivity contribution in [3.63, 3.8) is 0 Å². The molecule has 2 aromatic carbocycles. The Morgan fingerprint density at radius 3 is 2.56 bits per heavy atom. The van der Waals surface area contributed by atoms with Crippen molar-refractivity contribution >= 4 is 35.0 Å². The number of halogens is 1. The lowest BCUT2D eigenvalue weighted by molar-refractivity contribution is -0.385. The van der Waals surface area contributed by atoms with Crippen LogP contribution in [0.25, 0.3) is 6.08 Å². The molecule has 2 rings (SSSR count). The zero-order chi connectivity index (χ0) is 18.4. The van der Waals surface area contributed by atoms with E-state index in [-0.39, 0.29) is 22.6 Å². The molecule has 0 spiro atoms. The number of hydrogen-bond acceptors (Lipinski definition) is 4. The maximum atomic E-state index is 13.6. The number of carbonyl (C=O) groups is 2. The summed E-state index contributed by atoms with van der Waals surface area (Å²) in [5.74, 6) is -1.64. The summed E-state index contributed by atoms with van der Waals surface area (Å²) in [7, 11) is 0. The van der Waals surface area contributed by atoms with Crippen LogP contribution in [-0.2, 0) is 9.59 Å². The van der Waals surface area contributed by atoms with Crippen molar-refractivity contribution in [2.45, 2.75) is 6.92 Å². The van der Waals surface area contributed by atoms with Crippen LogP contribution in [-0.4, -0.2) is 16.7 Å². The van der Waals surface area contributed by atoms with E-state index in [4.69, 9.17) is 0 Å². The van der Waals surface area contributed by atoms with Crippen LogP contribution in [0.15, 0.2) is 48.5 Å². The van der Waals surface area contributed by atoms with E-state index in [1.807, 2.05) is 0 Å². The van der Waals surface area contributed by atoms with Gasteiger partial charge in [-0.1, -0.05) is 12.1 Å². The second-order valence-corrected chi connectivity index (χ2v) is 5.01. The van der Waals surface area contributed by atoms with E-state index in [1.165, 1.54) is 43.3 Å². The summed E-state index contributed by atoms with van der Waals surface area (Å²) in [4.78, 5) is 33.3. The van der Waals surface area contributed by atoms with Gasteiger partial charge in [0.15, 0.2) is 0 Å². The van der Waals surface area contributed by atoms with Crippen molar-refractivity contribution in [2.75, 3.05) is 10.6 Å². The summed E-state index contributed by atoms with van der Waals surface area (Å²) in [6.45, 7) is 1.24. The van der Waals surface area contributed by atoms with Gasteiger partial charge in [0.2, 0.25) is 11.8 Å². The number of anilines is 2. The largest absolute Gasteiger partial charge is 0.324 e. The molecule has 0 aromatic heterocycles. The van der Waals surface area contributed by atoms with E-state index in [1.54, 1.807) is 6.07 Å². The molecule has 25 heavy (non-hydrogen) atoms. The minimum atomic E-state index is -0.636. The van der Waals surface area contributed by atoms with Crippen molar-refractivity contribution in [1.82, 2.24) is 0 Å². The van der Waals surface area contributed by atoms with Crippen LogP contribution >= 0.6 is 0 Å². The first-order valence-corrected chi connectivity index (χ1v) is 7.16. The zero-order valence-corrected chi connectivity index (χ0v) is 13.2. The molecule has 0 aliphatic heterocycles. The molecule has 0 atom stereocenters. The maximum Gasteiger partial charge on any atom is 0.276 e. The average Bonchev–Trinajstić information content (AvgIpc) is 2.55. The Morgan fingerprint density at radius 2 is 1.88 bits per heavy atom. The second kappa shape index (κ2) is 7.82. The molecule has 0 unspecified atom stereocenters. The van der Waals surface area contributed by atoms with Crippen LogP contribution in [0.2, 0.25) is 0 Å². The van der Waals surface area contributed by atoms with Gasteiger partial charge in [0.25, 0.3) is 5.69 Å². The van der Waals surface area contributed by atoms with E-state index in [2.05, 4.69) is 10.6 Å². The third kappa shape index (κ3) is 4.96. The van der Waals surface area contributed by atoms with Crippen molar-refractivity contribution in [3.05, 3.63) is 70.0 Å². The number of nitrogens with one attached hydrogen (secondary N) is 2. The fourth-order valence-corrected chi connectivity index (χ4v) is 2.03. The van der Waals surface area contributed by atoms with Gasteiger partial charge in [-0.2, -0.15) is 0 Å². The number of carbonyl (C=O) groups excluding carboxylic acids is 2. The summed E-state index contributed by atoms with van der Waals surface area (Å²) in [6, 6.07) is 9.69. The molecule has 0 bridgehead atoms. The highest BCUT2D eigenvalue weighted by Gasteiger charge is 2.10. The summed E-state index contributed by atoms with van der Waals surface area (Å²) >= 11 is 0. The van der Waals surface area contributed by atoms with Crippen molar-refractivity contribution in [2.24, 2.45) is 0 Å². The molecule has 0 fully saturated rings. The van der Waals surface area contributed by atoms with Gasteiger partial charge in [-0.05, 0) is 30.3 Å². The van der Waals surface area contributed by atoms with E-state index in [9.17, 15) is 24.1 Å². The molecule has 2 amide bonds. The van der Waals surface area contributed by atoms with Crippen LogP contribution < -0.4 is 10.6 Å². The Labute approximate surface area is 142 Å². The fraction of sp³-hybridized carbons (Fsp3) is 0.0588. The lowest BCUT2D eigenvalue weighted by atomic mass is 10.1. The summed E-state index contributed by atoms with van der Waals surface area (Å²) in [6.07, 6.45) is 2.44. The second-order valence-electron chi connectivity index (χ2n) is 5.01. The van der Waals surface area contributed by atoms with Gasteiger partial charge in [0.1, 0.15) is 5.82 Å². The number of para-hydroxylation sites is 1. The molecule has 7 nitrogen and oxygen atoms in total. The molecule has 0 saturated carbocycles. The van der Waals surface area contributed by atoms with Crippen molar-refractivity contribution < 1.29 is 18.9 Å². The Bertz CT molecular complexity index is 865. The molecule has 0 heterocycles. The fourth-order valence-electron chi connectivity index (χ4n) is 2.03. The van der Waals surface area contributed by atoms with Crippen LogP contribution in [0.4, 0.5) is 21.5 Å². The third-order valence-electron chi connectivity index (χ3n) is 3.09. The number of hydrogen-bond donors (Lipinski definition) is 2. The molecule has 2 N–H and O–H groups in total. The highest BCUT2D eigenvalue weighted by Crippen LogP contribution is 2.21. The smallest absolute Gasteiger partial charge is 0.276 e. The standard InChI is InChI=1S/C17H14FN3O4/c1-11(22)19-15-10-13(7-8-14(15)18)20-17(23)9-6-12-4-2-3-5-16(12)21(24)25/h2-10H,1H3,(H,19,22)(H,20,23). The molecular formula is C17H14FN3O4. The van der Waals surface area contributed by atoms with Crippen molar-refractivity contribution in [1.29, 1.82) is 0 Å². The van der Waals surface area contributed by atoms with Gasteiger partial charge in [0.05, 0.1) is 16.2 Å². The first kappa shape index (κ1) is 17.8. The summed E-state index contributed by atoms with van der Waals surface area (Å²) in [5.41, 5.74) is 0.359. The van der Waals surface area contributed by atoms with Crippen LogP contribution in [0.3, 0.4) is 0 Å². The average molecular weight is 343 g/mol. The quantitative estimate of drug-likeness (QED) is 0.494. The first-order valence-electron chi connectivity index (χ1n) is 7.16. The third-order valence-corrected chi connectivity index (χ3v) is 3.09. The first-order chi connectivity index (χ1) is 11.9. The predicted molar refractivity (Wildman–Crippen MR) is 91.5 cm³/mol. The Balaban J connectivity index is 2.13. The number of amides is 2. The molecule has 0 aliphatic carbocycles. The van der Waals surface area contributed by atoms with Gasteiger partial charge in [0, 0.05) is 24.8 Å². The van der Waals surface area contributed by atoms with E-state index >= 15 is 0 Å². The van der Waals surface area contributed by atoms with Gasteiger partial charge >= 0.3 is 0 Å². The molecule has 2 aromatic rings. The van der Waals surface area contributed by atoms with Crippen molar-refractivity contribution in [3.8, 4) is 0 Å². The lowest BCUT2D eigenvalue weighted by Crippen LogP contribution is -2.11. The SMILES string of the molecule is CC(=O)Nc1cc(NC(=O)C=Cc2ccccc2[N+](=O)[O-])ccc1F. The summed E-state index contributed by atoms with van der Waals surface area (Å²) < 4.78 is 13.6. The number of rotatable bonds is 5. The summed E-state index contributed by atoms with van der Waals surface area (Å²) in [5, 5.41) is 15.7. The topological polar surface area (TPSA) is 101 Å². The van der Waals surface area contributed by atoms with Gasteiger partial charge < -0.3 is 10.6 Å². The molecule has 0 radical (unpaired) electrons. The van der Waals surface area contributed by atoms with E-state index in [0.717, 1.165) is 12.1 Å².